The first kappa shape index (κ1) is 26.4. The largest absolute Gasteiger partial charge is 0.310 e. The molecule has 5 aromatic carbocycles. The van der Waals surface area contributed by atoms with Gasteiger partial charge >= 0.3 is 0 Å². The molecule has 206 valence electrons. The number of fused-ring (bicyclic) bond motifs is 1. The molecule has 0 atom stereocenters. The Bertz CT molecular complexity index is 1990. The minimum atomic E-state index is 0.724. The Hall–Kier alpha value is -5.54. The zero-order chi connectivity index (χ0) is 29.2. The van der Waals surface area contributed by atoms with E-state index in [4.69, 9.17) is 9.97 Å². The summed E-state index contributed by atoms with van der Waals surface area (Å²) in [5, 5.41) is 1.28. The first-order valence-corrected chi connectivity index (χ1v) is 14.6. The second-order valence-electron chi connectivity index (χ2n) is 10.7. The maximum Gasteiger partial charge on any atom is 0.160 e. The molecule has 2 aromatic heterocycles. The predicted molar refractivity (Wildman–Crippen MR) is 180 cm³/mol. The second kappa shape index (κ2) is 11.4. The fourth-order valence-electron chi connectivity index (χ4n) is 5.76. The molecule has 0 unspecified atom stereocenters. The van der Waals surface area contributed by atoms with E-state index in [1.165, 1.54) is 27.7 Å². The average Bonchev–Trinajstić information content (AvgIpc) is 3.36. The van der Waals surface area contributed by atoms with Crippen LogP contribution in [0.15, 0.2) is 146 Å². The lowest BCUT2D eigenvalue weighted by Gasteiger charge is -2.12. The Kier molecular flexibility index (Phi) is 6.98. The fourth-order valence-corrected chi connectivity index (χ4v) is 5.76. The molecule has 0 spiro atoms. The Morgan fingerprint density at radius 1 is 0.535 bits per heavy atom. The maximum absolute atomic E-state index is 4.98. The molecule has 7 aromatic rings. The van der Waals surface area contributed by atoms with Crippen molar-refractivity contribution in [1.29, 1.82) is 0 Å². The highest BCUT2D eigenvalue weighted by Gasteiger charge is 2.14. The van der Waals surface area contributed by atoms with E-state index >= 15 is 0 Å². The summed E-state index contributed by atoms with van der Waals surface area (Å²) >= 11 is 0. The highest BCUT2D eigenvalue weighted by atomic mass is 15.0. The highest BCUT2D eigenvalue weighted by Crippen LogP contribution is 2.32. The number of allylic oxidation sites excluding steroid dienone is 1. The van der Waals surface area contributed by atoms with Crippen LogP contribution in [0, 0.1) is 6.92 Å². The summed E-state index contributed by atoms with van der Waals surface area (Å²) in [5.74, 6) is 0.724. The predicted octanol–water partition coefficient (Wildman–Crippen LogP) is 10.4. The Labute approximate surface area is 252 Å². The van der Waals surface area contributed by atoms with Gasteiger partial charge in [0.15, 0.2) is 5.82 Å². The summed E-state index contributed by atoms with van der Waals surface area (Å²) in [6, 6.07) is 48.7. The number of hydrogen-bond donors (Lipinski definition) is 0. The minimum Gasteiger partial charge on any atom is -0.310 e. The van der Waals surface area contributed by atoms with Gasteiger partial charge < -0.3 is 4.57 Å². The van der Waals surface area contributed by atoms with Gasteiger partial charge in [0.25, 0.3) is 0 Å². The third-order valence-electron chi connectivity index (χ3n) is 7.97. The van der Waals surface area contributed by atoms with Gasteiger partial charge in [-0.05, 0) is 60.9 Å². The van der Waals surface area contributed by atoms with Crippen LogP contribution >= 0.6 is 0 Å². The van der Waals surface area contributed by atoms with E-state index in [-0.39, 0.29) is 0 Å². The van der Waals surface area contributed by atoms with Crippen molar-refractivity contribution in [3.8, 4) is 50.7 Å². The summed E-state index contributed by atoms with van der Waals surface area (Å²) < 4.78 is 2.35. The van der Waals surface area contributed by atoms with Crippen molar-refractivity contribution in [3.63, 3.8) is 0 Å². The van der Waals surface area contributed by atoms with Gasteiger partial charge in [0.05, 0.1) is 16.9 Å². The zero-order valence-corrected chi connectivity index (χ0v) is 24.3. The first-order chi connectivity index (χ1) is 21.2. The average molecular weight is 554 g/mol. The van der Waals surface area contributed by atoms with Gasteiger partial charge in [-0.1, -0.05) is 121 Å². The fraction of sp³-hybridized carbons (Fsp3) is 0.0500. The molecule has 0 radical (unpaired) electrons. The van der Waals surface area contributed by atoms with E-state index in [1.54, 1.807) is 0 Å². The van der Waals surface area contributed by atoms with Crippen LogP contribution in [0.5, 0.6) is 0 Å². The second-order valence-corrected chi connectivity index (χ2v) is 10.7. The van der Waals surface area contributed by atoms with E-state index < -0.39 is 0 Å². The van der Waals surface area contributed by atoms with Crippen LogP contribution < -0.4 is 0 Å². The normalized spacial score (nSPS) is 11.4. The molecular weight excluding hydrogens is 522 g/mol. The highest BCUT2D eigenvalue weighted by molar-refractivity contribution is 5.90. The van der Waals surface area contributed by atoms with E-state index in [0.717, 1.165) is 45.2 Å². The third kappa shape index (κ3) is 5.06. The van der Waals surface area contributed by atoms with Gasteiger partial charge in [0.2, 0.25) is 0 Å². The summed E-state index contributed by atoms with van der Waals surface area (Å²) in [6.07, 6.45) is 4.30. The number of rotatable bonds is 6. The van der Waals surface area contributed by atoms with E-state index in [9.17, 15) is 0 Å². The van der Waals surface area contributed by atoms with E-state index in [1.807, 2.05) is 36.4 Å². The van der Waals surface area contributed by atoms with Crippen molar-refractivity contribution in [3.05, 3.63) is 157 Å². The van der Waals surface area contributed by atoms with Crippen molar-refractivity contribution in [1.82, 2.24) is 14.5 Å². The zero-order valence-electron chi connectivity index (χ0n) is 24.3. The molecule has 0 saturated carbocycles. The molecule has 0 saturated heterocycles. The molecule has 43 heavy (non-hydrogen) atoms. The molecular formula is C40H31N3. The van der Waals surface area contributed by atoms with Gasteiger partial charge in [-0.3, -0.25) is 0 Å². The minimum absolute atomic E-state index is 0.724. The SMILES string of the molecule is C/C=C\c1c(C)c2ccccc2n1-c1ccc(-c2ccc(-c3cc(-c4ccccc4)nc(-c4ccccc4)n3)cc2)cc1. The number of nitrogens with zero attached hydrogens (tertiary/aromatic N) is 3. The molecule has 0 aliphatic heterocycles. The summed E-state index contributed by atoms with van der Waals surface area (Å²) in [5.41, 5.74) is 12.2. The number of aryl methyl sites for hydroxylation is 1. The molecule has 0 bridgehead atoms. The number of para-hydroxylation sites is 1. The van der Waals surface area contributed by atoms with Gasteiger partial charge in [-0.25, -0.2) is 9.97 Å². The number of hydrogen-bond acceptors (Lipinski definition) is 2. The van der Waals surface area contributed by atoms with Crippen LogP contribution in [0.2, 0.25) is 0 Å². The number of aromatic nitrogens is 3. The number of benzene rings is 5. The molecule has 0 N–H and O–H groups in total. The maximum atomic E-state index is 4.98. The quantitative estimate of drug-likeness (QED) is 0.205. The third-order valence-corrected chi connectivity index (χ3v) is 7.97. The topological polar surface area (TPSA) is 30.7 Å². The summed E-state index contributed by atoms with van der Waals surface area (Å²) in [6.45, 7) is 4.27. The molecule has 2 heterocycles. The van der Waals surface area contributed by atoms with Crippen molar-refractivity contribution in [2.24, 2.45) is 0 Å². The van der Waals surface area contributed by atoms with Crippen molar-refractivity contribution in [2.45, 2.75) is 13.8 Å². The molecule has 0 fully saturated rings. The van der Waals surface area contributed by atoms with Gasteiger partial charge in [0.1, 0.15) is 0 Å². The van der Waals surface area contributed by atoms with Gasteiger partial charge in [0, 0.05) is 33.5 Å². The molecule has 7 rings (SSSR count). The molecule has 3 nitrogen and oxygen atoms in total. The standard InChI is InChI=1S/C40H31N3/c1-3-12-38-28(2)35-17-10-11-18-39(35)43(38)34-25-23-30(24-26-34)29-19-21-32(22-20-29)37-27-36(31-13-6-4-7-14-31)41-40(42-37)33-15-8-5-9-16-33/h3-27H,1-2H3/b12-3-. The molecule has 0 aliphatic carbocycles. The first-order valence-electron chi connectivity index (χ1n) is 14.6. The lowest BCUT2D eigenvalue weighted by molar-refractivity contribution is 1.10. The van der Waals surface area contributed by atoms with Crippen LogP contribution in [-0.2, 0) is 0 Å². The van der Waals surface area contributed by atoms with Crippen LogP contribution in [0.1, 0.15) is 18.2 Å². The van der Waals surface area contributed by atoms with Crippen LogP contribution in [0.3, 0.4) is 0 Å². The van der Waals surface area contributed by atoms with Gasteiger partial charge in [-0.15, -0.1) is 0 Å². The molecule has 3 heteroatoms. The Balaban J connectivity index is 1.23. The van der Waals surface area contributed by atoms with Crippen molar-refractivity contribution < 1.29 is 0 Å². The van der Waals surface area contributed by atoms with Crippen LogP contribution in [0.25, 0.3) is 67.7 Å². The smallest absolute Gasteiger partial charge is 0.160 e. The summed E-state index contributed by atoms with van der Waals surface area (Å²) in [7, 11) is 0. The Morgan fingerprint density at radius 3 is 1.67 bits per heavy atom. The van der Waals surface area contributed by atoms with Crippen LogP contribution in [-0.4, -0.2) is 14.5 Å². The molecule has 0 amide bonds. The summed E-state index contributed by atoms with van der Waals surface area (Å²) in [4.78, 5) is 9.90. The van der Waals surface area contributed by atoms with Crippen LogP contribution in [0.4, 0.5) is 0 Å². The monoisotopic (exact) mass is 553 g/mol. The Morgan fingerprint density at radius 2 is 1.05 bits per heavy atom. The lowest BCUT2D eigenvalue weighted by Crippen LogP contribution is -1.97. The van der Waals surface area contributed by atoms with E-state index in [2.05, 4.69) is 134 Å². The van der Waals surface area contributed by atoms with Crippen molar-refractivity contribution in [2.75, 3.05) is 0 Å². The van der Waals surface area contributed by atoms with Crippen molar-refractivity contribution >= 4 is 17.0 Å². The lowest BCUT2D eigenvalue weighted by atomic mass is 10.0. The molecule has 0 aliphatic rings. The van der Waals surface area contributed by atoms with E-state index in [0.29, 0.717) is 0 Å². The van der Waals surface area contributed by atoms with Gasteiger partial charge in [-0.2, -0.15) is 0 Å².